The van der Waals surface area contributed by atoms with Crippen LogP contribution in [0.5, 0.6) is 11.5 Å². The molecule has 20 heavy (non-hydrogen) atoms. The highest BCUT2D eigenvalue weighted by Crippen LogP contribution is 2.43. The van der Waals surface area contributed by atoms with E-state index in [0.29, 0.717) is 16.5 Å². The van der Waals surface area contributed by atoms with Gasteiger partial charge in [-0.25, -0.2) is 0 Å². The summed E-state index contributed by atoms with van der Waals surface area (Å²) >= 11 is 6.10. The van der Waals surface area contributed by atoms with Gasteiger partial charge in [-0.1, -0.05) is 25.4 Å². The van der Waals surface area contributed by atoms with Crippen molar-refractivity contribution < 1.29 is 19.4 Å². The maximum absolute atomic E-state index is 11.1. The fourth-order valence-electron chi connectivity index (χ4n) is 2.05. The first-order chi connectivity index (χ1) is 9.17. The maximum Gasteiger partial charge on any atom is 0.304 e. The lowest BCUT2D eigenvalue weighted by Gasteiger charge is -2.28. The average molecular weight is 301 g/mol. The molecule has 0 saturated heterocycles. The Balaban J connectivity index is 3.42. The van der Waals surface area contributed by atoms with Crippen molar-refractivity contribution in [3.63, 3.8) is 0 Å². The molecule has 0 aromatic heterocycles. The average Bonchev–Trinajstić information content (AvgIpc) is 2.28. The summed E-state index contributed by atoms with van der Waals surface area (Å²) < 4.78 is 11.1. The first-order valence-corrected chi connectivity index (χ1v) is 6.81. The third-order valence-electron chi connectivity index (χ3n) is 2.92. The zero-order valence-corrected chi connectivity index (χ0v) is 13.2. The molecule has 0 saturated carbocycles. The number of carboxylic acid groups (broad SMARTS) is 1. The van der Waals surface area contributed by atoms with E-state index in [1.54, 1.807) is 12.1 Å². The van der Waals surface area contributed by atoms with E-state index in [-0.39, 0.29) is 12.5 Å². The van der Waals surface area contributed by atoms with Gasteiger partial charge in [-0.05, 0) is 19.9 Å². The van der Waals surface area contributed by atoms with Crippen LogP contribution in [-0.2, 0) is 10.2 Å². The van der Waals surface area contributed by atoms with Gasteiger partial charge in [0.1, 0.15) is 0 Å². The molecule has 0 fully saturated rings. The molecular formula is C15H21ClO4. The van der Waals surface area contributed by atoms with E-state index in [0.717, 1.165) is 5.56 Å². The molecular weight excluding hydrogens is 280 g/mol. The van der Waals surface area contributed by atoms with Gasteiger partial charge in [0.15, 0.2) is 11.5 Å². The van der Waals surface area contributed by atoms with Crippen LogP contribution in [0.15, 0.2) is 12.1 Å². The van der Waals surface area contributed by atoms with Crippen LogP contribution in [0.1, 0.15) is 39.7 Å². The van der Waals surface area contributed by atoms with Crippen LogP contribution >= 0.6 is 11.6 Å². The number of ether oxygens (including phenoxy) is 2. The van der Waals surface area contributed by atoms with E-state index in [9.17, 15) is 4.79 Å². The SMILES string of the molecule is COc1cc(Cl)cc(C(C)(C)CC(=O)O)c1OC(C)C. The fraction of sp³-hybridized carbons (Fsp3) is 0.533. The lowest BCUT2D eigenvalue weighted by molar-refractivity contribution is -0.138. The van der Waals surface area contributed by atoms with Gasteiger partial charge in [-0.2, -0.15) is 0 Å². The highest BCUT2D eigenvalue weighted by Gasteiger charge is 2.30. The molecule has 112 valence electrons. The summed E-state index contributed by atoms with van der Waals surface area (Å²) in [7, 11) is 1.53. The summed E-state index contributed by atoms with van der Waals surface area (Å²) in [5.74, 6) is 0.197. The highest BCUT2D eigenvalue weighted by atomic mass is 35.5. The van der Waals surface area contributed by atoms with Crippen molar-refractivity contribution >= 4 is 17.6 Å². The molecule has 0 unspecified atom stereocenters. The number of benzene rings is 1. The highest BCUT2D eigenvalue weighted by molar-refractivity contribution is 6.30. The van der Waals surface area contributed by atoms with Gasteiger partial charge in [0.2, 0.25) is 0 Å². The Labute approximate surface area is 124 Å². The second-order valence-electron chi connectivity index (χ2n) is 5.61. The quantitative estimate of drug-likeness (QED) is 0.866. The molecule has 0 radical (unpaired) electrons. The molecule has 4 nitrogen and oxygen atoms in total. The molecule has 0 bridgehead atoms. The smallest absolute Gasteiger partial charge is 0.304 e. The Morgan fingerprint density at radius 1 is 1.40 bits per heavy atom. The van der Waals surface area contributed by atoms with E-state index in [2.05, 4.69) is 0 Å². The molecule has 0 aliphatic rings. The molecule has 1 rings (SSSR count). The molecule has 0 spiro atoms. The van der Waals surface area contributed by atoms with E-state index >= 15 is 0 Å². The topological polar surface area (TPSA) is 55.8 Å². The van der Waals surface area contributed by atoms with Crippen LogP contribution in [0.25, 0.3) is 0 Å². The molecule has 1 aromatic rings. The van der Waals surface area contributed by atoms with Gasteiger partial charge in [-0.3, -0.25) is 4.79 Å². The Morgan fingerprint density at radius 3 is 2.45 bits per heavy atom. The van der Waals surface area contributed by atoms with E-state index in [1.807, 2.05) is 27.7 Å². The molecule has 0 heterocycles. The summed E-state index contributed by atoms with van der Waals surface area (Å²) in [4.78, 5) is 11.1. The number of carbonyl (C=O) groups is 1. The lowest BCUT2D eigenvalue weighted by atomic mass is 9.81. The summed E-state index contributed by atoms with van der Waals surface area (Å²) in [5.41, 5.74) is 0.117. The summed E-state index contributed by atoms with van der Waals surface area (Å²) in [6.07, 6.45) is -0.0743. The van der Waals surface area contributed by atoms with Gasteiger partial charge in [0.25, 0.3) is 0 Å². The minimum absolute atomic E-state index is 0.0229. The second-order valence-corrected chi connectivity index (χ2v) is 6.04. The largest absolute Gasteiger partial charge is 0.493 e. The third-order valence-corrected chi connectivity index (χ3v) is 3.13. The van der Waals surface area contributed by atoms with E-state index in [4.69, 9.17) is 26.2 Å². The zero-order valence-electron chi connectivity index (χ0n) is 12.5. The molecule has 1 N–H and O–H groups in total. The van der Waals surface area contributed by atoms with E-state index < -0.39 is 11.4 Å². The van der Waals surface area contributed by atoms with Gasteiger partial charge >= 0.3 is 5.97 Å². The zero-order chi connectivity index (χ0) is 15.5. The maximum atomic E-state index is 11.1. The first kappa shape index (κ1) is 16.6. The predicted octanol–water partition coefficient (Wildman–Crippen LogP) is 3.89. The van der Waals surface area contributed by atoms with Crippen molar-refractivity contribution in [2.45, 2.75) is 45.6 Å². The third kappa shape index (κ3) is 4.04. The molecule has 0 amide bonds. The number of methoxy groups -OCH3 is 1. The van der Waals surface area contributed by atoms with Crippen LogP contribution in [0.3, 0.4) is 0 Å². The number of halogens is 1. The Morgan fingerprint density at radius 2 is 2.00 bits per heavy atom. The van der Waals surface area contributed by atoms with Crippen molar-refractivity contribution in [3.8, 4) is 11.5 Å². The summed E-state index contributed by atoms with van der Waals surface area (Å²) in [5, 5.41) is 9.57. The van der Waals surface area contributed by atoms with Crippen molar-refractivity contribution in [1.82, 2.24) is 0 Å². The predicted molar refractivity (Wildman–Crippen MR) is 79.0 cm³/mol. The van der Waals surface area contributed by atoms with Gasteiger partial charge < -0.3 is 14.6 Å². The van der Waals surface area contributed by atoms with Gasteiger partial charge in [-0.15, -0.1) is 0 Å². The molecule has 0 atom stereocenters. The Hall–Kier alpha value is -1.42. The minimum Gasteiger partial charge on any atom is -0.493 e. The van der Waals surface area contributed by atoms with Gasteiger partial charge in [0, 0.05) is 22.1 Å². The normalized spacial score (nSPS) is 11.6. The molecule has 5 heteroatoms. The van der Waals surface area contributed by atoms with Crippen LogP contribution in [0, 0.1) is 0 Å². The first-order valence-electron chi connectivity index (χ1n) is 6.44. The standard InChI is InChI=1S/C15H21ClO4/c1-9(2)20-14-11(15(3,4)8-13(17)18)6-10(16)7-12(14)19-5/h6-7,9H,8H2,1-5H3,(H,17,18). The van der Waals surface area contributed by atoms with E-state index in [1.165, 1.54) is 7.11 Å². The van der Waals surface area contributed by atoms with Crippen molar-refractivity contribution in [2.24, 2.45) is 0 Å². The summed E-state index contributed by atoms with van der Waals surface area (Å²) in [6.45, 7) is 7.50. The van der Waals surface area contributed by atoms with Crippen LogP contribution in [-0.4, -0.2) is 24.3 Å². The number of aliphatic carboxylic acids is 1. The molecule has 0 aliphatic heterocycles. The number of hydrogen-bond donors (Lipinski definition) is 1. The molecule has 1 aromatic carbocycles. The summed E-state index contributed by atoms with van der Waals surface area (Å²) in [6, 6.07) is 3.41. The Kier molecular flexibility index (Phi) is 5.28. The monoisotopic (exact) mass is 300 g/mol. The molecule has 0 aliphatic carbocycles. The van der Waals surface area contributed by atoms with Crippen molar-refractivity contribution in [2.75, 3.05) is 7.11 Å². The van der Waals surface area contributed by atoms with Crippen molar-refractivity contribution in [1.29, 1.82) is 0 Å². The van der Waals surface area contributed by atoms with Crippen LogP contribution < -0.4 is 9.47 Å². The van der Waals surface area contributed by atoms with Gasteiger partial charge in [0.05, 0.1) is 19.6 Å². The van der Waals surface area contributed by atoms with Crippen molar-refractivity contribution in [3.05, 3.63) is 22.7 Å². The number of carboxylic acids is 1. The number of rotatable bonds is 6. The second kappa shape index (κ2) is 6.35. The Bertz CT molecular complexity index is 495. The van der Waals surface area contributed by atoms with Crippen LogP contribution in [0.2, 0.25) is 5.02 Å². The lowest BCUT2D eigenvalue weighted by Crippen LogP contribution is -2.24. The van der Waals surface area contributed by atoms with Crippen LogP contribution in [0.4, 0.5) is 0 Å². The fourth-order valence-corrected chi connectivity index (χ4v) is 2.26. The minimum atomic E-state index is -0.871. The number of hydrogen-bond acceptors (Lipinski definition) is 3.